The van der Waals surface area contributed by atoms with Gasteiger partial charge in [-0.3, -0.25) is 4.79 Å². The molecular weight excluding hydrogens is 393 g/mol. The zero-order valence-electron chi connectivity index (χ0n) is 17.0. The lowest BCUT2D eigenvalue weighted by Gasteiger charge is -2.15. The molecule has 0 aliphatic heterocycles. The van der Waals surface area contributed by atoms with Crippen molar-refractivity contribution in [3.05, 3.63) is 76.8 Å². The topological polar surface area (TPSA) is 55.1 Å². The van der Waals surface area contributed by atoms with E-state index < -0.39 is 17.8 Å². The number of oxazole rings is 1. The number of nitrogens with zero attached hydrogens (tertiary/aromatic N) is 1. The zero-order valence-corrected chi connectivity index (χ0v) is 17.0. The second-order valence-electron chi connectivity index (χ2n) is 7.33. The number of hydrogen-bond acceptors (Lipinski definition) is 3. The number of aryl methyl sites for hydroxylation is 3. The molecule has 1 aromatic heterocycles. The Morgan fingerprint density at radius 2 is 1.80 bits per heavy atom. The third kappa shape index (κ3) is 5.28. The number of aromatic nitrogens is 1. The second-order valence-corrected chi connectivity index (χ2v) is 7.33. The molecule has 1 atom stereocenters. The van der Waals surface area contributed by atoms with Crippen molar-refractivity contribution in [1.29, 1.82) is 0 Å². The molecule has 0 aliphatic rings. The first-order valence-corrected chi connectivity index (χ1v) is 9.62. The van der Waals surface area contributed by atoms with Crippen molar-refractivity contribution in [2.45, 2.75) is 45.8 Å². The predicted octanol–water partition coefficient (Wildman–Crippen LogP) is 5.79. The quantitative estimate of drug-likeness (QED) is 0.554. The van der Waals surface area contributed by atoms with E-state index in [1.54, 1.807) is 13.1 Å². The molecule has 158 valence electrons. The van der Waals surface area contributed by atoms with Crippen molar-refractivity contribution in [2.75, 3.05) is 0 Å². The van der Waals surface area contributed by atoms with Crippen molar-refractivity contribution in [1.82, 2.24) is 10.3 Å². The van der Waals surface area contributed by atoms with Gasteiger partial charge < -0.3 is 9.73 Å². The molecule has 0 unspecified atom stereocenters. The highest BCUT2D eigenvalue weighted by Crippen LogP contribution is 2.30. The minimum atomic E-state index is -4.38. The molecule has 2 aromatic carbocycles. The molecular formula is C23H23F3N2O2. The van der Waals surface area contributed by atoms with Gasteiger partial charge in [-0.25, -0.2) is 4.98 Å². The van der Waals surface area contributed by atoms with Crippen LogP contribution in [0, 0.1) is 13.8 Å². The van der Waals surface area contributed by atoms with Gasteiger partial charge >= 0.3 is 6.18 Å². The van der Waals surface area contributed by atoms with E-state index in [0.717, 1.165) is 23.3 Å². The highest BCUT2D eigenvalue weighted by atomic mass is 19.4. The van der Waals surface area contributed by atoms with Gasteiger partial charge in [0.25, 0.3) is 0 Å². The van der Waals surface area contributed by atoms with Crippen LogP contribution in [0.25, 0.3) is 11.3 Å². The fraction of sp³-hybridized carbons (Fsp3) is 0.304. The molecule has 30 heavy (non-hydrogen) atoms. The number of rotatable bonds is 6. The number of nitrogens with one attached hydrogen (secondary N) is 1. The molecule has 1 N–H and O–H groups in total. The molecule has 1 amide bonds. The van der Waals surface area contributed by atoms with Crippen LogP contribution in [0.2, 0.25) is 0 Å². The van der Waals surface area contributed by atoms with Crippen LogP contribution >= 0.6 is 0 Å². The predicted molar refractivity (Wildman–Crippen MR) is 108 cm³/mol. The summed E-state index contributed by atoms with van der Waals surface area (Å²) in [4.78, 5) is 16.5. The lowest BCUT2D eigenvalue weighted by Crippen LogP contribution is -2.26. The van der Waals surface area contributed by atoms with Crippen LogP contribution in [0.3, 0.4) is 0 Å². The van der Waals surface area contributed by atoms with E-state index in [0.29, 0.717) is 23.6 Å². The van der Waals surface area contributed by atoms with Gasteiger partial charge in [0, 0.05) is 18.4 Å². The molecule has 0 aliphatic carbocycles. The highest BCUT2D eigenvalue weighted by Gasteiger charge is 2.30. The van der Waals surface area contributed by atoms with Crippen LogP contribution in [0.4, 0.5) is 13.2 Å². The normalized spacial score (nSPS) is 12.6. The summed E-state index contributed by atoms with van der Waals surface area (Å²) in [7, 11) is 0. The number of carbonyl (C=O) groups excluding carboxylic acids is 1. The minimum absolute atomic E-state index is 0.165. The molecule has 0 saturated carbocycles. The van der Waals surface area contributed by atoms with Gasteiger partial charge in [0.15, 0.2) is 11.7 Å². The van der Waals surface area contributed by atoms with Gasteiger partial charge in [-0.15, -0.1) is 0 Å². The van der Waals surface area contributed by atoms with Crippen LogP contribution in [0.5, 0.6) is 0 Å². The summed E-state index contributed by atoms with van der Waals surface area (Å²) in [6, 6.07) is 10.4. The van der Waals surface area contributed by atoms with E-state index in [1.165, 1.54) is 17.7 Å². The van der Waals surface area contributed by atoms with Crippen LogP contribution in [-0.2, 0) is 17.4 Å². The first-order valence-electron chi connectivity index (χ1n) is 9.62. The van der Waals surface area contributed by atoms with E-state index in [9.17, 15) is 18.0 Å². The van der Waals surface area contributed by atoms with Crippen LogP contribution in [0.15, 0.2) is 53.1 Å². The van der Waals surface area contributed by atoms with Gasteiger partial charge in [0.1, 0.15) is 0 Å². The molecule has 0 spiro atoms. The number of carbonyl (C=O) groups is 1. The minimum Gasteiger partial charge on any atom is -0.441 e. The Kier molecular flexibility index (Phi) is 6.29. The third-order valence-corrected chi connectivity index (χ3v) is 5.03. The monoisotopic (exact) mass is 416 g/mol. The summed E-state index contributed by atoms with van der Waals surface area (Å²) >= 11 is 0. The molecule has 7 heteroatoms. The molecule has 0 radical (unpaired) electrons. The van der Waals surface area contributed by atoms with Gasteiger partial charge in [0.2, 0.25) is 5.91 Å². The van der Waals surface area contributed by atoms with E-state index in [1.807, 2.05) is 32.0 Å². The van der Waals surface area contributed by atoms with E-state index in [-0.39, 0.29) is 12.3 Å². The molecule has 3 aromatic rings. The number of benzene rings is 2. The Morgan fingerprint density at radius 1 is 1.10 bits per heavy atom. The highest BCUT2D eigenvalue weighted by molar-refractivity contribution is 5.76. The standard InChI is InChI=1S/C23H23F3N2O2/c1-14-4-5-18(12-15(14)2)20-13-27-22(30-20)11-10-21(29)28-16(3)17-6-8-19(9-7-17)23(24,25)26/h4-9,12-13,16H,10-11H2,1-3H3,(H,28,29)/t16-/m1/s1. The van der Waals surface area contributed by atoms with Crippen LogP contribution in [0.1, 0.15) is 47.5 Å². The molecule has 3 rings (SSSR count). The maximum absolute atomic E-state index is 12.7. The largest absolute Gasteiger partial charge is 0.441 e. The Labute approximate surface area is 173 Å². The average molecular weight is 416 g/mol. The smallest absolute Gasteiger partial charge is 0.416 e. The molecule has 0 saturated heterocycles. The number of hydrogen-bond donors (Lipinski definition) is 1. The Balaban J connectivity index is 1.54. The first kappa shape index (κ1) is 21.6. The van der Waals surface area contributed by atoms with Gasteiger partial charge in [-0.1, -0.05) is 24.3 Å². The van der Waals surface area contributed by atoms with Crippen LogP contribution in [-0.4, -0.2) is 10.9 Å². The van der Waals surface area contributed by atoms with Crippen molar-refractivity contribution in [3.8, 4) is 11.3 Å². The molecule has 4 nitrogen and oxygen atoms in total. The lowest BCUT2D eigenvalue weighted by molar-refractivity contribution is -0.137. The second kappa shape index (κ2) is 8.73. The lowest BCUT2D eigenvalue weighted by atomic mass is 10.1. The number of halogens is 3. The summed E-state index contributed by atoms with van der Waals surface area (Å²) in [5.74, 6) is 0.875. The van der Waals surface area contributed by atoms with E-state index in [4.69, 9.17) is 4.42 Å². The van der Waals surface area contributed by atoms with Crippen molar-refractivity contribution < 1.29 is 22.4 Å². The zero-order chi connectivity index (χ0) is 21.9. The fourth-order valence-electron chi connectivity index (χ4n) is 3.03. The molecule has 0 bridgehead atoms. The fourth-order valence-corrected chi connectivity index (χ4v) is 3.03. The van der Waals surface area contributed by atoms with E-state index in [2.05, 4.69) is 10.3 Å². The number of amides is 1. The maximum atomic E-state index is 12.7. The summed E-state index contributed by atoms with van der Waals surface area (Å²) in [6.45, 7) is 5.79. The third-order valence-electron chi connectivity index (χ3n) is 5.03. The van der Waals surface area contributed by atoms with Crippen molar-refractivity contribution in [3.63, 3.8) is 0 Å². The summed E-state index contributed by atoms with van der Waals surface area (Å²) < 4.78 is 43.7. The van der Waals surface area contributed by atoms with Crippen molar-refractivity contribution in [2.24, 2.45) is 0 Å². The molecule has 0 fully saturated rings. The Hall–Kier alpha value is -3.09. The SMILES string of the molecule is Cc1ccc(-c2cnc(CCC(=O)N[C@H](C)c3ccc(C(F)(F)F)cc3)o2)cc1C. The molecule has 1 heterocycles. The maximum Gasteiger partial charge on any atom is 0.416 e. The van der Waals surface area contributed by atoms with Gasteiger partial charge in [0.05, 0.1) is 17.8 Å². The summed E-state index contributed by atoms with van der Waals surface area (Å²) in [6.07, 6.45) is -2.24. The Bertz CT molecular complexity index is 1020. The Morgan fingerprint density at radius 3 is 2.43 bits per heavy atom. The van der Waals surface area contributed by atoms with Gasteiger partial charge in [-0.05, 0) is 55.7 Å². The summed E-state index contributed by atoms with van der Waals surface area (Å²) in [5.41, 5.74) is 3.16. The van der Waals surface area contributed by atoms with E-state index >= 15 is 0 Å². The average Bonchev–Trinajstić information content (AvgIpc) is 3.17. The number of alkyl halides is 3. The first-order chi connectivity index (χ1) is 14.1. The summed E-state index contributed by atoms with van der Waals surface area (Å²) in [5, 5.41) is 2.79. The van der Waals surface area contributed by atoms with Gasteiger partial charge in [-0.2, -0.15) is 13.2 Å². The van der Waals surface area contributed by atoms with Crippen molar-refractivity contribution >= 4 is 5.91 Å². The van der Waals surface area contributed by atoms with Crippen LogP contribution < -0.4 is 5.32 Å².